The first-order valence-corrected chi connectivity index (χ1v) is 17.1. The van der Waals surface area contributed by atoms with Gasteiger partial charge in [-0.2, -0.15) is 0 Å². The highest BCUT2D eigenvalue weighted by atomic mass is 35.5. The molecule has 0 N–H and O–H groups in total. The number of hydrogen-bond donors (Lipinski definition) is 0. The molecule has 3 aromatic rings. The lowest BCUT2D eigenvalue weighted by Crippen LogP contribution is -2.44. The number of carbonyl (C=O) groups excluding carboxylic acids is 3. The van der Waals surface area contributed by atoms with Gasteiger partial charge in [0.05, 0.1) is 17.0 Å². The fourth-order valence-corrected chi connectivity index (χ4v) is 7.66. The zero-order valence-corrected chi connectivity index (χ0v) is 28.5. The highest BCUT2D eigenvalue weighted by Crippen LogP contribution is 2.33. The Balaban J connectivity index is 1.04. The van der Waals surface area contributed by atoms with Crippen LogP contribution in [0.15, 0.2) is 42.7 Å². The number of pyridine rings is 1. The number of piperidine rings is 1. The number of nitrogens with zero attached hydrogens (tertiary/aromatic N) is 7. The minimum Gasteiger partial charge on any atom is -0.343 e. The molecule has 2 unspecified atom stereocenters. The summed E-state index contributed by atoms with van der Waals surface area (Å²) in [6.07, 6.45) is 5.63. The summed E-state index contributed by atoms with van der Waals surface area (Å²) < 4.78 is 0. The Kier molecular flexibility index (Phi) is 9.89. The quantitative estimate of drug-likeness (QED) is 0.343. The Labute approximate surface area is 282 Å². The molecule has 3 fully saturated rings. The molecule has 0 spiro atoms. The van der Waals surface area contributed by atoms with Crippen molar-refractivity contribution in [2.24, 2.45) is 17.8 Å². The van der Waals surface area contributed by atoms with E-state index in [9.17, 15) is 14.4 Å². The van der Waals surface area contributed by atoms with E-state index in [1.165, 1.54) is 0 Å². The summed E-state index contributed by atoms with van der Waals surface area (Å²) in [4.78, 5) is 60.9. The third-order valence-electron chi connectivity index (χ3n) is 10.2. The topological polar surface area (TPSA) is 103 Å². The molecule has 1 aromatic carbocycles. The maximum Gasteiger partial charge on any atom is 0.257 e. The smallest absolute Gasteiger partial charge is 0.257 e. The number of rotatable bonds is 8. The minimum atomic E-state index is -0.107. The predicted molar refractivity (Wildman–Crippen MR) is 182 cm³/mol. The van der Waals surface area contributed by atoms with Crippen LogP contribution >= 0.6 is 11.6 Å². The molecule has 3 aliphatic heterocycles. The van der Waals surface area contributed by atoms with E-state index < -0.39 is 0 Å². The van der Waals surface area contributed by atoms with Crippen molar-refractivity contribution < 1.29 is 14.4 Å². The first-order valence-electron chi connectivity index (χ1n) is 16.7. The van der Waals surface area contributed by atoms with Gasteiger partial charge in [-0.25, -0.2) is 9.97 Å². The largest absolute Gasteiger partial charge is 0.343 e. The fourth-order valence-electron chi connectivity index (χ4n) is 7.48. The van der Waals surface area contributed by atoms with E-state index in [0.717, 1.165) is 56.0 Å². The fraction of sp³-hybridized carbons (Fsp3) is 0.500. The van der Waals surface area contributed by atoms with Gasteiger partial charge in [0, 0.05) is 87.3 Å². The number of benzene rings is 1. The third-order valence-corrected chi connectivity index (χ3v) is 10.6. The SMILES string of the molecule is CC(=O)N1CCC(C(=O)N(CCCN2CC3CN(C(=O)c4c(C)nc(-c5ccncc5)nc4C)CC3C2)c2ccc(C)c(Cl)c2)CC1. The first kappa shape index (κ1) is 33.0. The van der Waals surface area contributed by atoms with Crippen LogP contribution in [0.3, 0.4) is 0 Å². The molecule has 3 saturated heterocycles. The Morgan fingerprint density at radius 2 is 1.53 bits per heavy atom. The number of hydrogen-bond acceptors (Lipinski definition) is 7. The molecule has 0 saturated carbocycles. The second-order valence-corrected chi connectivity index (χ2v) is 13.8. The lowest BCUT2D eigenvalue weighted by atomic mass is 9.94. The van der Waals surface area contributed by atoms with Gasteiger partial charge >= 0.3 is 0 Å². The van der Waals surface area contributed by atoms with Crippen LogP contribution in [0.4, 0.5) is 5.69 Å². The molecule has 5 heterocycles. The van der Waals surface area contributed by atoms with Gasteiger partial charge in [0.1, 0.15) is 0 Å². The van der Waals surface area contributed by atoms with Crippen molar-refractivity contribution in [3.8, 4) is 11.4 Å². The van der Waals surface area contributed by atoms with Crippen molar-refractivity contribution in [1.82, 2.24) is 29.7 Å². The van der Waals surface area contributed by atoms with Gasteiger partial charge in [-0.1, -0.05) is 17.7 Å². The maximum atomic E-state index is 13.8. The molecule has 248 valence electrons. The second-order valence-electron chi connectivity index (χ2n) is 13.4. The minimum absolute atomic E-state index is 0.0160. The van der Waals surface area contributed by atoms with Crippen LogP contribution in [0.5, 0.6) is 0 Å². The van der Waals surface area contributed by atoms with Gasteiger partial charge in [-0.3, -0.25) is 19.4 Å². The summed E-state index contributed by atoms with van der Waals surface area (Å²) in [6, 6.07) is 9.59. The molecule has 0 bridgehead atoms. The number of aryl methyl sites for hydroxylation is 3. The van der Waals surface area contributed by atoms with Crippen LogP contribution in [0.1, 0.15) is 53.5 Å². The predicted octanol–water partition coefficient (Wildman–Crippen LogP) is 4.80. The molecule has 47 heavy (non-hydrogen) atoms. The molecule has 10 nitrogen and oxygen atoms in total. The van der Waals surface area contributed by atoms with Crippen LogP contribution in [0, 0.1) is 38.5 Å². The van der Waals surface area contributed by atoms with E-state index in [1.54, 1.807) is 19.3 Å². The normalized spacial score (nSPS) is 20.0. The molecule has 6 rings (SSSR count). The van der Waals surface area contributed by atoms with E-state index in [4.69, 9.17) is 11.6 Å². The van der Waals surface area contributed by atoms with Gasteiger partial charge in [0.25, 0.3) is 5.91 Å². The molecule has 0 aliphatic carbocycles. The van der Waals surface area contributed by atoms with E-state index in [2.05, 4.69) is 19.9 Å². The zero-order valence-electron chi connectivity index (χ0n) is 27.8. The molecular weight excluding hydrogens is 614 g/mol. The summed E-state index contributed by atoms with van der Waals surface area (Å²) in [6.45, 7) is 13.4. The van der Waals surface area contributed by atoms with E-state index >= 15 is 0 Å². The van der Waals surface area contributed by atoms with Gasteiger partial charge < -0.3 is 19.6 Å². The van der Waals surface area contributed by atoms with Crippen molar-refractivity contribution in [3.05, 3.63) is 70.3 Å². The number of anilines is 1. The average molecular weight is 658 g/mol. The molecule has 3 amide bonds. The van der Waals surface area contributed by atoms with Crippen LogP contribution in [0.25, 0.3) is 11.4 Å². The highest BCUT2D eigenvalue weighted by Gasteiger charge is 2.42. The molecule has 2 aromatic heterocycles. The molecular formula is C36H44ClN7O3. The lowest BCUT2D eigenvalue weighted by molar-refractivity contribution is -0.133. The van der Waals surface area contributed by atoms with Crippen LogP contribution < -0.4 is 4.90 Å². The van der Waals surface area contributed by atoms with E-state index in [1.807, 2.05) is 65.8 Å². The zero-order chi connectivity index (χ0) is 33.2. The number of halogens is 1. The molecule has 0 radical (unpaired) electrons. The lowest BCUT2D eigenvalue weighted by Gasteiger charge is -2.34. The average Bonchev–Trinajstić information content (AvgIpc) is 3.64. The summed E-state index contributed by atoms with van der Waals surface area (Å²) in [5.74, 6) is 1.55. The van der Waals surface area contributed by atoms with Crippen LogP contribution in [-0.4, -0.2) is 99.7 Å². The Bertz CT molecular complexity index is 1610. The van der Waals surface area contributed by atoms with Crippen molar-refractivity contribution in [2.75, 3.05) is 57.3 Å². The van der Waals surface area contributed by atoms with Crippen molar-refractivity contribution in [2.45, 2.75) is 47.0 Å². The van der Waals surface area contributed by atoms with Crippen LogP contribution in [0.2, 0.25) is 5.02 Å². The first-order chi connectivity index (χ1) is 22.6. The standard InChI is InChI=1S/C36H44ClN7O3/c1-23-6-7-31(18-32(23)37)44(35(46)28-10-16-42(17-11-28)26(4)45)15-5-14-41-19-29-21-43(22-30(29)20-41)36(47)33-24(2)39-34(40-25(33)3)27-8-12-38-13-9-27/h6-9,12-13,18,28-30H,5,10-11,14-17,19-22H2,1-4H3. The molecule has 2 atom stereocenters. The van der Waals surface area contributed by atoms with E-state index in [0.29, 0.717) is 72.1 Å². The summed E-state index contributed by atoms with van der Waals surface area (Å²) in [7, 11) is 0. The number of likely N-dealkylation sites (tertiary alicyclic amines) is 3. The van der Waals surface area contributed by atoms with E-state index in [-0.39, 0.29) is 23.6 Å². The van der Waals surface area contributed by atoms with Crippen LogP contribution in [-0.2, 0) is 9.59 Å². The van der Waals surface area contributed by atoms with Gasteiger partial charge in [0.15, 0.2) is 5.82 Å². The van der Waals surface area contributed by atoms with Crippen molar-refractivity contribution >= 4 is 35.0 Å². The molecule has 11 heteroatoms. The van der Waals surface area contributed by atoms with Crippen molar-refractivity contribution in [3.63, 3.8) is 0 Å². The number of aromatic nitrogens is 3. The Hall–Kier alpha value is -3.89. The number of carbonyl (C=O) groups is 3. The second kappa shape index (κ2) is 14.1. The monoisotopic (exact) mass is 657 g/mol. The highest BCUT2D eigenvalue weighted by molar-refractivity contribution is 6.31. The van der Waals surface area contributed by atoms with Gasteiger partial charge in [0.2, 0.25) is 11.8 Å². The Morgan fingerprint density at radius 3 is 2.13 bits per heavy atom. The van der Waals surface area contributed by atoms with Gasteiger partial charge in [-0.05, 0) is 88.2 Å². The summed E-state index contributed by atoms with van der Waals surface area (Å²) in [5, 5.41) is 0.653. The third kappa shape index (κ3) is 7.18. The maximum absolute atomic E-state index is 13.8. The molecule has 3 aliphatic rings. The van der Waals surface area contributed by atoms with Gasteiger partial charge in [-0.15, -0.1) is 0 Å². The summed E-state index contributed by atoms with van der Waals surface area (Å²) in [5.41, 5.74) is 4.69. The number of amides is 3. The van der Waals surface area contributed by atoms with Crippen molar-refractivity contribution in [1.29, 1.82) is 0 Å². The number of fused-ring (bicyclic) bond motifs is 1. The Morgan fingerprint density at radius 1 is 0.894 bits per heavy atom. The summed E-state index contributed by atoms with van der Waals surface area (Å²) >= 11 is 6.49.